The third kappa shape index (κ3) is 2.56. The molecular formula is C10H18BrN3. The van der Waals surface area contributed by atoms with Crippen LogP contribution in [0.5, 0.6) is 0 Å². The van der Waals surface area contributed by atoms with Gasteiger partial charge in [0, 0.05) is 12.5 Å². The molecule has 0 aliphatic rings. The maximum Gasteiger partial charge on any atom is 0.143 e. The van der Waals surface area contributed by atoms with Crippen molar-refractivity contribution in [2.75, 3.05) is 0 Å². The molecule has 0 spiro atoms. The smallest absolute Gasteiger partial charge is 0.143 e. The van der Waals surface area contributed by atoms with Gasteiger partial charge in [-0.15, -0.1) is 10.2 Å². The van der Waals surface area contributed by atoms with Crippen molar-refractivity contribution in [3.8, 4) is 0 Å². The number of rotatable bonds is 4. The van der Waals surface area contributed by atoms with Crippen molar-refractivity contribution in [2.24, 2.45) is 5.92 Å². The minimum Gasteiger partial charge on any atom is -0.314 e. The quantitative estimate of drug-likeness (QED) is 0.779. The molecule has 1 aromatic heterocycles. The monoisotopic (exact) mass is 259 g/mol. The fourth-order valence-electron chi connectivity index (χ4n) is 1.44. The first-order chi connectivity index (χ1) is 6.56. The van der Waals surface area contributed by atoms with Crippen LogP contribution < -0.4 is 0 Å². The minimum atomic E-state index is 0.439. The molecule has 0 aromatic carbocycles. The molecule has 4 heteroatoms. The molecule has 0 aliphatic heterocycles. The maximum absolute atomic E-state index is 4.22. The Morgan fingerprint density at radius 2 is 1.86 bits per heavy atom. The van der Waals surface area contributed by atoms with Crippen LogP contribution in [0.4, 0.5) is 0 Å². The summed E-state index contributed by atoms with van der Waals surface area (Å²) in [5.41, 5.74) is 0. The molecule has 1 aromatic rings. The van der Waals surface area contributed by atoms with E-state index in [4.69, 9.17) is 0 Å². The molecule has 1 heterocycles. The van der Waals surface area contributed by atoms with Crippen molar-refractivity contribution < 1.29 is 0 Å². The van der Waals surface area contributed by atoms with Gasteiger partial charge in [0.1, 0.15) is 11.6 Å². The number of nitrogens with zero attached hydrogens (tertiary/aromatic N) is 3. The summed E-state index contributed by atoms with van der Waals surface area (Å²) in [6.45, 7) is 9.73. The normalized spacial score (nSPS) is 11.6. The Hall–Kier alpha value is -0.380. The molecule has 14 heavy (non-hydrogen) atoms. The van der Waals surface area contributed by atoms with Gasteiger partial charge in [-0.05, 0) is 5.92 Å². The van der Waals surface area contributed by atoms with E-state index in [9.17, 15) is 0 Å². The van der Waals surface area contributed by atoms with E-state index in [0.717, 1.165) is 23.5 Å². The van der Waals surface area contributed by atoms with Crippen LogP contribution in [0.3, 0.4) is 0 Å². The van der Waals surface area contributed by atoms with Gasteiger partial charge in [-0.2, -0.15) is 0 Å². The SMILES string of the molecule is CC(C)Cn1c(CBr)nnc1C(C)C. The van der Waals surface area contributed by atoms with E-state index in [-0.39, 0.29) is 0 Å². The molecule has 0 amide bonds. The number of hydrogen-bond donors (Lipinski definition) is 0. The lowest BCUT2D eigenvalue weighted by molar-refractivity contribution is 0.489. The highest BCUT2D eigenvalue weighted by Gasteiger charge is 2.14. The standard InChI is InChI=1S/C10H18BrN3/c1-7(2)6-14-9(5-11)12-13-10(14)8(3)4/h7-8H,5-6H2,1-4H3. The molecule has 3 nitrogen and oxygen atoms in total. The average molecular weight is 260 g/mol. The molecule has 0 unspecified atom stereocenters. The van der Waals surface area contributed by atoms with Crippen LogP contribution in [0.2, 0.25) is 0 Å². The molecule has 0 atom stereocenters. The summed E-state index contributed by atoms with van der Waals surface area (Å²) in [6, 6.07) is 0. The minimum absolute atomic E-state index is 0.439. The molecule has 0 radical (unpaired) electrons. The Morgan fingerprint density at radius 1 is 1.21 bits per heavy atom. The van der Waals surface area contributed by atoms with E-state index in [1.165, 1.54) is 0 Å². The lowest BCUT2D eigenvalue weighted by Gasteiger charge is -2.13. The van der Waals surface area contributed by atoms with Crippen LogP contribution in [0.25, 0.3) is 0 Å². The van der Waals surface area contributed by atoms with Crippen LogP contribution in [-0.4, -0.2) is 14.8 Å². The fraction of sp³-hybridized carbons (Fsp3) is 0.800. The van der Waals surface area contributed by atoms with Gasteiger partial charge < -0.3 is 4.57 Å². The zero-order valence-corrected chi connectivity index (χ0v) is 10.9. The lowest BCUT2D eigenvalue weighted by atomic mass is 10.2. The number of hydrogen-bond acceptors (Lipinski definition) is 2. The first-order valence-corrected chi connectivity index (χ1v) is 6.16. The zero-order valence-electron chi connectivity index (χ0n) is 9.29. The van der Waals surface area contributed by atoms with Gasteiger partial charge in [0.2, 0.25) is 0 Å². The second kappa shape index (κ2) is 4.91. The van der Waals surface area contributed by atoms with Crippen LogP contribution >= 0.6 is 15.9 Å². The summed E-state index contributed by atoms with van der Waals surface area (Å²) in [6.07, 6.45) is 0. The second-order valence-electron chi connectivity index (χ2n) is 4.27. The molecule has 0 bridgehead atoms. The largest absolute Gasteiger partial charge is 0.314 e. The number of halogens is 1. The Labute approximate surface area is 94.0 Å². The van der Waals surface area contributed by atoms with Gasteiger partial charge in [0.25, 0.3) is 0 Å². The Bertz CT molecular complexity index is 292. The van der Waals surface area contributed by atoms with E-state index in [1.54, 1.807) is 0 Å². The summed E-state index contributed by atoms with van der Waals surface area (Å²) in [5.74, 6) is 3.19. The van der Waals surface area contributed by atoms with E-state index in [0.29, 0.717) is 11.8 Å². The van der Waals surface area contributed by atoms with Crippen molar-refractivity contribution in [1.29, 1.82) is 0 Å². The van der Waals surface area contributed by atoms with Crippen LogP contribution in [0.1, 0.15) is 45.3 Å². The number of aromatic nitrogens is 3. The van der Waals surface area contributed by atoms with Gasteiger partial charge in [-0.3, -0.25) is 0 Å². The summed E-state index contributed by atoms with van der Waals surface area (Å²) in [4.78, 5) is 0. The fourth-order valence-corrected chi connectivity index (χ4v) is 1.85. The number of alkyl halides is 1. The maximum atomic E-state index is 4.22. The topological polar surface area (TPSA) is 30.7 Å². The molecular weight excluding hydrogens is 242 g/mol. The van der Waals surface area contributed by atoms with E-state index in [1.807, 2.05) is 0 Å². The predicted octanol–water partition coefficient (Wildman–Crippen LogP) is 2.95. The molecule has 0 saturated heterocycles. The van der Waals surface area contributed by atoms with Gasteiger partial charge in [0.05, 0.1) is 5.33 Å². The molecule has 0 aliphatic carbocycles. The van der Waals surface area contributed by atoms with Crippen molar-refractivity contribution in [3.63, 3.8) is 0 Å². The first kappa shape index (κ1) is 11.7. The molecule has 1 rings (SSSR count). The van der Waals surface area contributed by atoms with E-state index < -0.39 is 0 Å². The molecule has 0 fully saturated rings. The van der Waals surface area contributed by atoms with Crippen LogP contribution in [0, 0.1) is 5.92 Å². The van der Waals surface area contributed by atoms with Crippen molar-refractivity contribution in [3.05, 3.63) is 11.6 Å². The third-order valence-electron chi connectivity index (χ3n) is 2.04. The summed E-state index contributed by atoms with van der Waals surface area (Å²) >= 11 is 3.44. The summed E-state index contributed by atoms with van der Waals surface area (Å²) in [5, 5.41) is 9.17. The summed E-state index contributed by atoms with van der Waals surface area (Å²) in [7, 11) is 0. The Morgan fingerprint density at radius 3 is 2.29 bits per heavy atom. The van der Waals surface area contributed by atoms with Crippen LogP contribution in [0.15, 0.2) is 0 Å². The zero-order chi connectivity index (χ0) is 10.7. The van der Waals surface area contributed by atoms with Gasteiger partial charge in [-0.1, -0.05) is 43.6 Å². The van der Waals surface area contributed by atoms with Crippen molar-refractivity contribution in [2.45, 2.75) is 45.5 Å². The average Bonchev–Trinajstić information content (AvgIpc) is 2.46. The first-order valence-electron chi connectivity index (χ1n) is 5.04. The van der Waals surface area contributed by atoms with Gasteiger partial charge in [0.15, 0.2) is 0 Å². The highest BCUT2D eigenvalue weighted by atomic mass is 79.9. The summed E-state index contributed by atoms with van der Waals surface area (Å²) < 4.78 is 2.23. The van der Waals surface area contributed by atoms with Crippen molar-refractivity contribution >= 4 is 15.9 Å². The third-order valence-corrected chi connectivity index (χ3v) is 2.54. The predicted molar refractivity (Wildman–Crippen MR) is 61.6 cm³/mol. The van der Waals surface area contributed by atoms with E-state index >= 15 is 0 Å². The highest BCUT2D eigenvalue weighted by molar-refractivity contribution is 9.08. The van der Waals surface area contributed by atoms with Crippen LogP contribution in [-0.2, 0) is 11.9 Å². The Balaban J connectivity index is 3.00. The second-order valence-corrected chi connectivity index (χ2v) is 4.83. The van der Waals surface area contributed by atoms with Gasteiger partial charge in [-0.25, -0.2) is 0 Å². The Kier molecular flexibility index (Phi) is 4.11. The molecule has 0 N–H and O–H groups in total. The van der Waals surface area contributed by atoms with Crippen molar-refractivity contribution in [1.82, 2.24) is 14.8 Å². The molecule has 80 valence electrons. The van der Waals surface area contributed by atoms with E-state index in [2.05, 4.69) is 58.4 Å². The molecule has 0 saturated carbocycles. The lowest BCUT2D eigenvalue weighted by Crippen LogP contribution is -2.12. The highest BCUT2D eigenvalue weighted by Crippen LogP contribution is 2.16. The van der Waals surface area contributed by atoms with Gasteiger partial charge >= 0.3 is 0 Å².